The number of benzene rings is 1. The van der Waals surface area contributed by atoms with E-state index in [0.717, 1.165) is 5.56 Å². The molecule has 1 amide bonds. The van der Waals surface area contributed by atoms with Crippen LogP contribution in [0.25, 0.3) is 0 Å². The number of carbonyl (C=O) groups excluding carboxylic acids is 1. The third kappa shape index (κ3) is 2.25. The summed E-state index contributed by atoms with van der Waals surface area (Å²) in [4.78, 5) is 11.1. The Bertz CT molecular complexity index is 345. The first-order valence-electron chi connectivity index (χ1n) is 4.57. The molecule has 0 aliphatic carbocycles. The fourth-order valence-corrected chi connectivity index (χ4v) is 1.26. The lowest BCUT2D eigenvalue weighted by atomic mass is 9.84. The molecule has 3 nitrogen and oxygen atoms in total. The van der Waals surface area contributed by atoms with Crippen LogP contribution in [0.1, 0.15) is 19.4 Å². The highest BCUT2D eigenvalue weighted by atomic mass is 16.1. The van der Waals surface area contributed by atoms with Crippen LogP contribution in [-0.4, -0.2) is 5.91 Å². The van der Waals surface area contributed by atoms with E-state index in [-0.39, 0.29) is 5.91 Å². The molecule has 0 saturated carbocycles. The number of hydrogen-bond donors (Lipinski definition) is 2. The molecule has 0 unspecified atom stereocenters. The molecule has 0 aliphatic heterocycles. The summed E-state index contributed by atoms with van der Waals surface area (Å²) in [5.74, 6) is -0.305. The number of hydrogen-bond acceptors (Lipinski definition) is 2. The average Bonchev–Trinajstić information content (AvgIpc) is 2.08. The molecule has 0 saturated heterocycles. The maximum Gasteiger partial charge on any atom is 0.223 e. The number of amides is 1. The monoisotopic (exact) mass is 192 g/mol. The smallest absolute Gasteiger partial charge is 0.223 e. The van der Waals surface area contributed by atoms with Gasteiger partial charge in [-0.25, -0.2) is 0 Å². The predicted octanol–water partition coefficient (Wildman–Crippen LogP) is 1.32. The molecule has 1 aromatic rings. The number of primary amides is 1. The van der Waals surface area contributed by atoms with Crippen molar-refractivity contribution in [3.05, 3.63) is 29.8 Å². The first-order valence-corrected chi connectivity index (χ1v) is 4.57. The van der Waals surface area contributed by atoms with Gasteiger partial charge in [0.2, 0.25) is 5.91 Å². The summed E-state index contributed by atoms with van der Waals surface area (Å²) in [6, 6.07) is 7.52. The molecule has 0 fully saturated rings. The van der Waals surface area contributed by atoms with E-state index < -0.39 is 5.41 Å². The first-order chi connectivity index (χ1) is 6.43. The lowest BCUT2D eigenvalue weighted by Gasteiger charge is -2.21. The molecule has 14 heavy (non-hydrogen) atoms. The van der Waals surface area contributed by atoms with Crippen molar-refractivity contribution in [3.63, 3.8) is 0 Å². The van der Waals surface area contributed by atoms with Gasteiger partial charge in [0, 0.05) is 11.1 Å². The van der Waals surface area contributed by atoms with Crippen LogP contribution >= 0.6 is 0 Å². The van der Waals surface area contributed by atoms with Crippen molar-refractivity contribution in [2.24, 2.45) is 11.1 Å². The normalized spacial score (nSPS) is 11.3. The maximum atomic E-state index is 11.1. The molecule has 0 heterocycles. The van der Waals surface area contributed by atoms with Crippen LogP contribution in [0.3, 0.4) is 0 Å². The fourth-order valence-electron chi connectivity index (χ4n) is 1.26. The molecule has 4 N–H and O–H groups in total. The highest BCUT2D eigenvalue weighted by Crippen LogP contribution is 2.24. The molecule has 0 aromatic heterocycles. The lowest BCUT2D eigenvalue weighted by Crippen LogP contribution is -2.33. The van der Waals surface area contributed by atoms with Crippen molar-refractivity contribution in [2.45, 2.75) is 20.3 Å². The first kappa shape index (κ1) is 10.6. The van der Waals surface area contributed by atoms with Gasteiger partial charge in [-0.15, -0.1) is 0 Å². The minimum Gasteiger partial charge on any atom is -0.399 e. The Morgan fingerprint density at radius 3 is 2.43 bits per heavy atom. The summed E-state index contributed by atoms with van der Waals surface area (Å²) in [5, 5.41) is 0. The van der Waals surface area contributed by atoms with Gasteiger partial charge in [0.05, 0.1) is 0 Å². The van der Waals surface area contributed by atoms with E-state index in [0.29, 0.717) is 12.1 Å². The van der Waals surface area contributed by atoms with Crippen LogP contribution in [0.4, 0.5) is 5.69 Å². The summed E-state index contributed by atoms with van der Waals surface area (Å²) < 4.78 is 0. The third-order valence-corrected chi connectivity index (χ3v) is 2.35. The molecule has 0 radical (unpaired) electrons. The average molecular weight is 192 g/mol. The zero-order chi connectivity index (χ0) is 10.8. The van der Waals surface area contributed by atoms with Crippen LogP contribution < -0.4 is 11.5 Å². The van der Waals surface area contributed by atoms with Gasteiger partial charge in [0.25, 0.3) is 0 Å². The van der Waals surface area contributed by atoms with Gasteiger partial charge in [-0.1, -0.05) is 32.0 Å². The fraction of sp³-hybridized carbons (Fsp3) is 0.364. The summed E-state index contributed by atoms with van der Waals surface area (Å²) >= 11 is 0. The van der Waals surface area contributed by atoms with E-state index in [1.54, 1.807) is 0 Å². The number of para-hydroxylation sites is 1. The molecule has 76 valence electrons. The van der Waals surface area contributed by atoms with Gasteiger partial charge in [-0.2, -0.15) is 0 Å². The Morgan fingerprint density at radius 1 is 1.36 bits per heavy atom. The van der Waals surface area contributed by atoms with E-state index in [1.165, 1.54) is 0 Å². The number of carbonyl (C=O) groups is 1. The summed E-state index contributed by atoms with van der Waals surface area (Å²) in [6.07, 6.45) is 0.578. The van der Waals surface area contributed by atoms with E-state index in [1.807, 2.05) is 38.1 Å². The van der Waals surface area contributed by atoms with Gasteiger partial charge in [0.15, 0.2) is 0 Å². The van der Waals surface area contributed by atoms with E-state index >= 15 is 0 Å². The molecule has 0 atom stereocenters. The van der Waals surface area contributed by atoms with Gasteiger partial charge in [0.1, 0.15) is 0 Å². The van der Waals surface area contributed by atoms with Crippen molar-refractivity contribution in [3.8, 4) is 0 Å². The highest BCUT2D eigenvalue weighted by molar-refractivity contribution is 5.80. The molecule has 0 spiro atoms. The lowest BCUT2D eigenvalue weighted by molar-refractivity contribution is -0.125. The second-order valence-corrected chi connectivity index (χ2v) is 4.12. The van der Waals surface area contributed by atoms with Gasteiger partial charge in [-0.05, 0) is 18.1 Å². The van der Waals surface area contributed by atoms with Crippen LogP contribution in [0, 0.1) is 5.41 Å². The van der Waals surface area contributed by atoms with Crippen molar-refractivity contribution < 1.29 is 4.79 Å². The number of anilines is 1. The van der Waals surface area contributed by atoms with E-state index in [4.69, 9.17) is 11.5 Å². The van der Waals surface area contributed by atoms with Crippen LogP contribution in [-0.2, 0) is 11.2 Å². The standard InChI is InChI=1S/C11H16N2O/c1-11(2,10(13)14)7-8-5-3-4-6-9(8)12/h3-6H,7,12H2,1-2H3,(H2,13,14). The zero-order valence-electron chi connectivity index (χ0n) is 8.58. The van der Waals surface area contributed by atoms with Crippen molar-refractivity contribution in [1.29, 1.82) is 0 Å². The second kappa shape index (κ2) is 3.70. The van der Waals surface area contributed by atoms with Gasteiger partial charge >= 0.3 is 0 Å². The Balaban J connectivity index is 2.89. The summed E-state index contributed by atoms with van der Waals surface area (Å²) in [5.41, 5.74) is 12.2. The Kier molecular flexibility index (Phi) is 2.79. The van der Waals surface area contributed by atoms with Gasteiger partial charge in [-0.3, -0.25) is 4.79 Å². The topological polar surface area (TPSA) is 69.1 Å². The molecular formula is C11H16N2O. The SMILES string of the molecule is CC(C)(Cc1ccccc1N)C(N)=O. The largest absolute Gasteiger partial charge is 0.399 e. The molecule has 0 aliphatic rings. The Morgan fingerprint density at radius 2 is 1.93 bits per heavy atom. The van der Waals surface area contributed by atoms with E-state index in [2.05, 4.69) is 0 Å². The van der Waals surface area contributed by atoms with Crippen molar-refractivity contribution >= 4 is 11.6 Å². The van der Waals surface area contributed by atoms with Crippen LogP contribution in [0.2, 0.25) is 0 Å². The number of nitrogens with two attached hydrogens (primary N) is 2. The van der Waals surface area contributed by atoms with E-state index in [9.17, 15) is 4.79 Å². The summed E-state index contributed by atoms with van der Waals surface area (Å²) in [6.45, 7) is 3.64. The van der Waals surface area contributed by atoms with Crippen molar-refractivity contribution in [2.75, 3.05) is 5.73 Å². The Labute approximate surface area is 84.1 Å². The van der Waals surface area contributed by atoms with Crippen molar-refractivity contribution in [1.82, 2.24) is 0 Å². The molecule has 1 rings (SSSR count). The van der Waals surface area contributed by atoms with Crippen LogP contribution in [0.15, 0.2) is 24.3 Å². The highest BCUT2D eigenvalue weighted by Gasteiger charge is 2.25. The molecular weight excluding hydrogens is 176 g/mol. The summed E-state index contributed by atoms with van der Waals surface area (Å²) in [7, 11) is 0. The molecule has 1 aromatic carbocycles. The predicted molar refractivity (Wildman–Crippen MR) is 57.5 cm³/mol. The number of nitrogen functional groups attached to an aromatic ring is 1. The Hall–Kier alpha value is -1.51. The number of rotatable bonds is 3. The minimum atomic E-state index is -0.546. The zero-order valence-corrected chi connectivity index (χ0v) is 8.58. The second-order valence-electron chi connectivity index (χ2n) is 4.12. The van der Waals surface area contributed by atoms with Gasteiger partial charge < -0.3 is 11.5 Å². The molecule has 0 bridgehead atoms. The van der Waals surface area contributed by atoms with Crippen LogP contribution in [0.5, 0.6) is 0 Å². The molecule has 3 heteroatoms. The third-order valence-electron chi connectivity index (χ3n) is 2.35. The quantitative estimate of drug-likeness (QED) is 0.709. The minimum absolute atomic E-state index is 0.305. The maximum absolute atomic E-state index is 11.1.